The van der Waals surface area contributed by atoms with E-state index in [4.69, 9.17) is 5.73 Å². The standard InChI is InChI=1S/C18H21N5O/c1-13(22-17(19)20-2)23-10-6-14-12-21-15(11-16(14)23)5-9-18(24)7-3-4-8-18/h6,10-12,24H,3-4,7-8H2,1-2H3,(H2,19,20)/b22-13+. The van der Waals surface area contributed by atoms with Gasteiger partial charge in [0.25, 0.3) is 0 Å². The molecule has 0 amide bonds. The molecule has 0 atom stereocenters. The van der Waals surface area contributed by atoms with Gasteiger partial charge < -0.3 is 15.4 Å². The van der Waals surface area contributed by atoms with Crippen molar-refractivity contribution in [1.82, 2.24) is 9.55 Å². The lowest BCUT2D eigenvalue weighted by molar-refractivity contribution is 0.110. The fourth-order valence-electron chi connectivity index (χ4n) is 2.91. The molecule has 0 saturated heterocycles. The summed E-state index contributed by atoms with van der Waals surface area (Å²) in [6, 6.07) is 3.86. The molecule has 2 aromatic rings. The van der Waals surface area contributed by atoms with Crippen LogP contribution in [0.1, 0.15) is 38.3 Å². The van der Waals surface area contributed by atoms with Crippen molar-refractivity contribution in [2.75, 3.05) is 7.05 Å². The van der Waals surface area contributed by atoms with Crippen LogP contribution < -0.4 is 5.73 Å². The molecule has 2 aromatic heterocycles. The molecule has 0 unspecified atom stereocenters. The Labute approximate surface area is 141 Å². The summed E-state index contributed by atoms with van der Waals surface area (Å²) in [5.74, 6) is 6.94. The molecule has 0 radical (unpaired) electrons. The smallest absolute Gasteiger partial charge is 0.216 e. The van der Waals surface area contributed by atoms with Crippen molar-refractivity contribution in [3.63, 3.8) is 0 Å². The predicted octanol–water partition coefficient (Wildman–Crippen LogP) is 1.90. The Bertz CT molecular complexity index is 876. The molecular formula is C18H21N5O. The van der Waals surface area contributed by atoms with Crippen LogP contribution in [0.5, 0.6) is 0 Å². The summed E-state index contributed by atoms with van der Waals surface area (Å²) in [7, 11) is 1.60. The average molecular weight is 323 g/mol. The lowest BCUT2D eigenvalue weighted by Crippen LogP contribution is -2.20. The number of nitrogens with two attached hydrogens (primary N) is 1. The second kappa shape index (κ2) is 6.46. The normalized spacial score (nSPS) is 17.8. The van der Waals surface area contributed by atoms with Gasteiger partial charge in [-0.3, -0.25) is 4.99 Å². The van der Waals surface area contributed by atoms with Gasteiger partial charge >= 0.3 is 0 Å². The Morgan fingerprint density at radius 2 is 2.17 bits per heavy atom. The summed E-state index contributed by atoms with van der Waals surface area (Å²) >= 11 is 0. The van der Waals surface area contributed by atoms with Gasteiger partial charge in [-0.2, -0.15) is 0 Å². The third-order valence-corrected chi connectivity index (χ3v) is 4.28. The number of aromatic nitrogens is 2. The highest BCUT2D eigenvalue weighted by molar-refractivity contribution is 6.00. The van der Waals surface area contributed by atoms with Crippen LogP contribution in [-0.2, 0) is 0 Å². The zero-order valence-electron chi connectivity index (χ0n) is 14.0. The van der Waals surface area contributed by atoms with E-state index in [-0.39, 0.29) is 5.96 Å². The van der Waals surface area contributed by atoms with Crippen LogP contribution in [0.2, 0.25) is 0 Å². The molecule has 2 heterocycles. The summed E-state index contributed by atoms with van der Waals surface area (Å²) in [6.45, 7) is 1.87. The number of nitrogens with zero attached hydrogens (tertiary/aromatic N) is 4. The minimum Gasteiger partial charge on any atom is -0.378 e. The minimum absolute atomic E-state index is 0.229. The van der Waals surface area contributed by atoms with Gasteiger partial charge in [-0.05, 0) is 50.7 Å². The van der Waals surface area contributed by atoms with Crippen LogP contribution in [-0.4, -0.2) is 39.1 Å². The van der Waals surface area contributed by atoms with Crippen molar-refractivity contribution in [3.8, 4) is 11.8 Å². The molecule has 6 nitrogen and oxygen atoms in total. The first-order valence-corrected chi connectivity index (χ1v) is 8.01. The second-order valence-corrected chi connectivity index (χ2v) is 6.04. The van der Waals surface area contributed by atoms with Crippen LogP contribution in [0.25, 0.3) is 10.9 Å². The molecule has 0 spiro atoms. The van der Waals surface area contributed by atoms with Gasteiger partial charge in [0, 0.05) is 24.8 Å². The van der Waals surface area contributed by atoms with Crippen molar-refractivity contribution in [2.45, 2.75) is 38.2 Å². The third kappa shape index (κ3) is 3.31. The quantitative estimate of drug-likeness (QED) is 0.441. The maximum Gasteiger partial charge on any atom is 0.216 e. The van der Waals surface area contributed by atoms with Crippen LogP contribution in [0.4, 0.5) is 0 Å². The molecule has 6 heteroatoms. The SMILES string of the molecule is CN=C(N)/N=C(\C)n1ccc2cnc(C#CC3(O)CCCC3)cc21. The summed E-state index contributed by atoms with van der Waals surface area (Å²) in [4.78, 5) is 12.5. The maximum atomic E-state index is 10.3. The number of aliphatic hydroxyl groups is 1. The highest BCUT2D eigenvalue weighted by atomic mass is 16.3. The monoisotopic (exact) mass is 323 g/mol. The predicted molar refractivity (Wildman–Crippen MR) is 96.1 cm³/mol. The first-order chi connectivity index (χ1) is 11.5. The molecule has 3 rings (SSSR count). The number of fused-ring (bicyclic) bond motifs is 1. The minimum atomic E-state index is -0.859. The lowest BCUT2D eigenvalue weighted by Gasteiger charge is -2.12. The maximum absolute atomic E-state index is 10.3. The Hall–Kier alpha value is -2.65. The summed E-state index contributed by atoms with van der Waals surface area (Å²) in [5.41, 5.74) is 6.39. The number of hydrogen-bond acceptors (Lipinski definition) is 3. The molecular weight excluding hydrogens is 302 g/mol. The molecule has 1 aliphatic carbocycles. The number of hydrogen-bond donors (Lipinski definition) is 2. The topological polar surface area (TPSA) is 88.8 Å². The van der Waals surface area contributed by atoms with Crippen molar-refractivity contribution >= 4 is 22.7 Å². The van der Waals surface area contributed by atoms with Gasteiger partial charge in [-0.1, -0.05) is 5.92 Å². The Morgan fingerprint density at radius 3 is 2.88 bits per heavy atom. The Balaban J connectivity index is 1.97. The highest BCUT2D eigenvalue weighted by Crippen LogP contribution is 2.28. The Morgan fingerprint density at radius 1 is 1.42 bits per heavy atom. The first-order valence-electron chi connectivity index (χ1n) is 8.01. The fraction of sp³-hybridized carbons (Fsp3) is 0.389. The van der Waals surface area contributed by atoms with E-state index < -0.39 is 5.60 Å². The van der Waals surface area contributed by atoms with E-state index in [1.807, 2.05) is 29.8 Å². The number of guanidine groups is 1. The van der Waals surface area contributed by atoms with Crippen LogP contribution >= 0.6 is 0 Å². The summed E-state index contributed by atoms with van der Waals surface area (Å²) < 4.78 is 1.92. The van der Waals surface area contributed by atoms with E-state index in [0.29, 0.717) is 11.5 Å². The van der Waals surface area contributed by atoms with E-state index in [9.17, 15) is 5.11 Å². The van der Waals surface area contributed by atoms with E-state index in [2.05, 4.69) is 26.8 Å². The number of pyridine rings is 1. The molecule has 1 fully saturated rings. The first kappa shape index (κ1) is 16.2. The van der Waals surface area contributed by atoms with Gasteiger partial charge in [0.1, 0.15) is 17.1 Å². The molecule has 0 aromatic carbocycles. The molecule has 24 heavy (non-hydrogen) atoms. The van der Waals surface area contributed by atoms with Gasteiger partial charge in [0.2, 0.25) is 5.96 Å². The zero-order chi connectivity index (χ0) is 17.2. The molecule has 1 aliphatic rings. The van der Waals surface area contributed by atoms with Crippen molar-refractivity contribution in [1.29, 1.82) is 0 Å². The van der Waals surface area contributed by atoms with Crippen LogP contribution in [0, 0.1) is 11.8 Å². The largest absolute Gasteiger partial charge is 0.378 e. The lowest BCUT2D eigenvalue weighted by atomic mass is 10.0. The molecule has 0 bridgehead atoms. The van der Waals surface area contributed by atoms with E-state index in [1.54, 1.807) is 13.2 Å². The van der Waals surface area contributed by atoms with Crippen LogP contribution in [0.15, 0.2) is 34.5 Å². The fourth-order valence-corrected chi connectivity index (χ4v) is 2.91. The molecule has 0 aliphatic heterocycles. The van der Waals surface area contributed by atoms with E-state index >= 15 is 0 Å². The van der Waals surface area contributed by atoms with Gasteiger partial charge in [0.15, 0.2) is 0 Å². The zero-order valence-corrected chi connectivity index (χ0v) is 14.0. The third-order valence-electron chi connectivity index (χ3n) is 4.28. The molecule has 1 saturated carbocycles. The molecule has 3 N–H and O–H groups in total. The molecule has 124 valence electrons. The Kier molecular flexibility index (Phi) is 4.36. The van der Waals surface area contributed by atoms with Crippen molar-refractivity contribution in [3.05, 3.63) is 30.2 Å². The van der Waals surface area contributed by atoms with Gasteiger partial charge in [0.05, 0.1) is 5.52 Å². The van der Waals surface area contributed by atoms with E-state index in [0.717, 1.165) is 36.6 Å². The van der Waals surface area contributed by atoms with E-state index in [1.165, 1.54) is 0 Å². The average Bonchev–Trinajstić information content (AvgIpc) is 3.19. The summed E-state index contributed by atoms with van der Waals surface area (Å²) in [6.07, 6.45) is 7.21. The number of rotatable bonds is 0. The number of aliphatic imine (C=N–C) groups is 2. The summed E-state index contributed by atoms with van der Waals surface area (Å²) in [5, 5.41) is 11.3. The second-order valence-electron chi connectivity index (χ2n) is 6.04. The van der Waals surface area contributed by atoms with Crippen LogP contribution in [0.3, 0.4) is 0 Å². The van der Waals surface area contributed by atoms with Crippen molar-refractivity contribution < 1.29 is 5.11 Å². The van der Waals surface area contributed by atoms with Gasteiger partial charge in [-0.15, -0.1) is 0 Å². The highest BCUT2D eigenvalue weighted by Gasteiger charge is 2.28. The van der Waals surface area contributed by atoms with Crippen molar-refractivity contribution in [2.24, 2.45) is 15.7 Å². The van der Waals surface area contributed by atoms with Gasteiger partial charge in [-0.25, -0.2) is 9.98 Å².